The van der Waals surface area contributed by atoms with Gasteiger partial charge in [0.15, 0.2) is 11.3 Å². The second-order valence-electron chi connectivity index (χ2n) is 4.93. The van der Waals surface area contributed by atoms with Crippen molar-refractivity contribution < 1.29 is 32.5 Å². The van der Waals surface area contributed by atoms with Crippen molar-refractivity contribution in [3.63, 3.8) is 0 Å². The first kappa shape index (κ1) is 17.2. The van der Waals surface area contributed by atoms with Crippen molar-refractivity contribution in [2.75, 3.05) is 0 Å². The zero-order chi connectivity index (χ0) is 18.4. The van der Waals surface area contributed by atoms with Gasteiger partial charge in [0.05, 0.1) is 9.86 Å². The van der Waals surface area contributed by atoms with Gasteiger partial charge in [-0.05, 0) is 40.2 Å². The van der Waals surface area contributed by atoms with Crippen molar-refractivity contribution >= 4 is 26.9 Å². The van der Waals surface area contributed by atoms with E-state index in [0.29, 0.717) is 4.47 Å². The number of aromatic hydroxyl groups is 2. The molecule has 2 aromatic carbocycles. The van der Waals surface area contributed by atoms with Gasteiger partial charge in [-0.1, -0.05) is 12.1 Å². The highest BCUT2D eigenvalue weighted by Gasteiger charge is 2.41. The molecule has 0 aliphatic heterocycles. The number of para-hydroxylation sites is 1. The molecule has 0 aliphatic rings. The van der Waals surface area contributed by atoms with Crippen LogP contribution in [0.3, 0.4) is 0 Å². The van der Waals surface area contributed by atoms with E-state index in [1.165, 1.54) is 18.2 Å². The molecule has 5 nitrogen and oxygen atoms in total. The van der Waals surface area contributed by atoms with Gasteiger partial charge in [0.1, 0.15) is 5.75 Å². The van der Waals surface area contributed by atoms with Gasteiger partial charge in [0.2, 0.25) is 16.9 Å². The van der Waals surface area contributed by atoms with Crippen LogP contribution in [0.1, 0.15) is 5.76 Å². The first-order valence-corrected chi connectivity index (χ1v) is 7.50. The van der Waals surface area contributed by atoms with Crippen LogP contribution in [0.25, 0.3) is 11.0 Å². The highest BCUT2D eigenvalue weighted by molar-refractivity contribution is 9.10. The number of fused-ring (bicyclic) bond motifs is 1. The van der Waals surface area contributed by atoms with Crippen molar-refractivity contribution in [1.82, 2.24) is 0 Å². The predicted octanol–water partition coefficient (Wildman–Crippen LogP) is 4.78. The normalized spacial score (nSPS) is 11.7. The number of hydrogen-bond donors (Lipinski definition) is 2. The summed E-state index contributed by atoms with van der Waals surface area (Å²) in [6.07, 6.45) is -5.07. The Balaban J connectivity index is 2.34. The number of phenolic OH excluding ortho intramolecular Hbond substituents is 2. The number of rotatable bonds is 2. The summed E-state index contributed by atoms with van der Waals surface area (Å²) in [7, 11) is 0. The van der Waals surface area contributed by atoms with E-state index >= 15 is 0 Å². The van der Waals surface area contributed by atoms with Crippen LogP contribution in [0.4, 0.5) is 13.2 Å². The summed E-state index contributed by atoms with van der Waals surface area (Å²) in [5, 5.41) is 18.7. The Bertz CT molecular complexity index is 1030. The molecule has 25 heavy (non-hydrogen) atoms. The lowest BCUT2D eigenvalue weighted by Gasteiger charge is -2.14. The first-order chi connectivity index (χ1) is 11.7. The Morgan fingerprint density at radius 1 is 1.08 bits per heavy atom. The minimum Gasteiger partial charge on any atom is -0.504 e. The smallest absolute Gasteiger partial charge is 0.453 e. The van der Waals surface area contributed by atoms with Gasteiger partial charge in [-0.25, -0.2) is 0 Å². The fourth-order valence-corrected chi connectivity index (χ4v) is 2.50. The van der Waals surface area contributed by atoms with Crippen LogP contribution in [-0.4, -0.2) is 10.2 Å². The molecule has 0 bridgehead atoms. The molecule has 2 N–H and O–H groups in total. The molecule has 0 saturated heterocycles. The lowest BCUT2D eigenvalue weighted by atomic mass is 10.1. The second-order valence-corrected chi connectivity index (χ2v) is 5.78. The van der Waals surface area contributed by atoms with Crippen LogP contribution in [0.5, 0.6) is 23.0 Å². The van der Waals surface area contributed by atoms with Crippen molar-refractivity contribution in [3.05, 3.63) is 56.9 Å². The van der Waals surface area contributed by atoms with Gasteiger partial charge in [0, 0.05) is 0 Å². The monoisotopic (exact) mass is 416 g/mol. The van der Waals surface area contributed by atoms with Crippen LogP contribution >= 0.6 is 15.9 Å². The van der Waals surface area contributed by atoms with Crippen LogP contribution in [0, 0.1) is 0 Å². The van der Waals surface area contributed by atoms with Crippen LogP contribution in [0.15, 0.2) is 50.1 Å². The van der Waals surface area contributed by atoms with Gasteiger partial charge in [-0.2, -0.15) is 13.2 Å². The standard InChI is InChI=1S/C16H8BrF3O5/c17-8-3-1-2-4-10(8)24-14-11(22)7-5-6-9(21)12(23)13(7)25-15(14)16(18,19)20/h1-6,21,23H. The Morgan fingerprint density at radius 2 is 1.76 bits per heavy atom. The Labute approximate surface area is 146 Å². The quantitative estimate of drug-likeness (QED) is 0.587. The van der Waals surface area contributed by atoms with E-state index in [1.54, 1.807) is 6.07 Å². The Kier molecular flexibility index (Phi) is 4.11. The number of benzene rings is 2. The molecular weight excluding hydrogens is 409 g/mol. The molecule has 3 rings (SSSR count). The lowest BCUT2D eigenvalue weighted by Crippen LogP contribution is -2.15. The molecule has 0 radical (unpaired) electrons. The average Bonchev–Trinajstić information content (AvgIpc) is 2.54. The minimum atomic E-state index is -5.07. The fourth-order valence-electron chi connectivity index (χ4n) is 2.13. The molecular formula is C16H8BrF3O5. The molecule has 0 saturated carbocycles. The number of halogens is 4. The molecule has 0 amide bonds. The summed E-state index contributed by atoms with van der Waals surface area (Å²) < 4.78 is 50.1. The summed E-state index contributed by atoms with van der Waals surface area (Å²) in [6, 6.07) is 8.01. The maximum absolute atomic E-state index is 13.3. The number of alkyl halides is 3. The Morgan fingerprint density at radius 3 is 2.40 bits per heavy atom. The molecule has 0 spiro atoms. The lowest BCUT2D eigenvalue weighted by molar-refractivity contribution is -0.154. The summed E-state index contributed by atoms with van der Waals surface area (Å²) >= 11 is 3.11. The molecule has 0 unspecified atom stereocenters. The van der Waals surface area contributed by atoms with Gasteiger partial charge in [0.25, 0.3) is 5.76 Å². The number of hydrogen-bond acceptors (Lipinski definition) is 5. The van der Waals surface area contributed by atoms with E-state index in [-0.39, 0.29) is 11.1 Å². The summed E-state index contributed by atoms with van der Waals surface area (Å²) in [6.45, 7) is 0. The topological polar surface area (TPSA) is 79.9 Å². The highest BCUT2D eigenvalue weighted by atomic mass is 79.9. The van der Waals surface area contributed by atoms with Gasteiger partial charge in [-0.3, -0.25) is 4.79 Å². The van der Waals surface area contributed by atoms with Crippen molar-refractivity contribution in [3.8, 4) is 23.0 Å². The molecule has 130 valence electrons. The predicted molar refractivity (Wildman–Crippen MR) is 85.0 cm³/mol. The van der Waals surface area contributed by atoms with E-state index in [4.69, 9.17) is 4.74 Å². The minimum absolute atomic E-state index is 0.0253. The molecule has 9 heteroatoms. The van der Waals surface area contributed by atoms with Crippen molar-refractivity contribution in [2.24, 2.45) is 0 Å². The fraction of sp³-hybridized carbons (Fsp3) is 0.0625. The summed E-state index contributed by atoms with van der Waals surface area (Å²) in [5.74, 6) is -4.50. The van der Waals surface area contributed by atoms with E-state index in [0.717, 1.165) is 12.1 Å². The van der Waals surface area contributed by atoms with Crippen molar-refractivity contribution in [1.29, 1.82) is 0 Å². The van der Waals surface area contributed by atoms with E-state index < -0.39 is 40.2 Å². The highest BCUT2D eigenvalue weighted by Crippen LogP contribution is 2.42. The maximum Gasteiger partial charge on any atom is 0.453 e. The third-order valence-corrected chi connectivity index (χ3v) is 3.93. The van der Waals surface area contributed by atoms with Crippen LogP contribution in [0.2, 0.25) is 0 Å². The van der Waals surface area contributed by atoms with E-state index in [2.05, 4.69) is 20.3 Å². The molecule has 1 heterocycles. The average molecular weight is 417 g/mol. The van der Waals surface area contributed by atoms with Crippen LogP contribution in [-0.2, 0) is 6.18 Å². The van der Waals surface area contributed by atoms with Crippen molar-refractivity contribution in [2.45, 2.75) is 6.18 Å². The van der Waals surface area contributed by atoms with Gasteiger partial charge in [-0.15, -0.1) is 0 Å². The maximum atomic E-state index is 13.3. The molecule has 0 fully saturated rings. The number of ether oxygens (including phenoxy) is 1. The third-order valence-electron chi connectivity index (χ3n) is 3.28. The van der Waals surface area contributed by atoms with Crippen LogP contribution < -0.4 is 10.2 Å². The molecule has 0 aliphatic carbocycles. The summed E-state index contributed by atoms with van der Waals surface area (Å²) in [4.78, 5) is 12.5. The third kappa shape index (κ3) is 3.02. The zero-order valence-corrected chi connectivity index (χ0v) is 13.7. The van der Waals surface area contributed by atoms with E-state index in [9.17, 15) is 28.2 Å². The largest absolute Gasteiger partial charge is 0.504 e. The van der Waals surface area contributed by atoms with Gasteiger partial charge >= 0.3 is 6.18 Å². The zero-order valence-electron chi connectivity index (χ0n) is 12.1. The SMILES string of the molecule is O=c1c(Oc2ccccc2Br)c(C(F)(F)F)oc2c(O)c(O)ccc12. The van der Waals surface area contributed by atoms with Gasteiger partial charge < -0.3 is 19.4 Å². The molecule has 0 atom stereocenters. The van der Waals surface area contributed by atoms with E-state index in [1.807, 2.05) is 0 Å². The first-order valence-electron chi connectivity index (χ1n) is 6.71. The molecule has 3 aromatic rings. The molecule has 1 aromatic heterocycles. The Hall–Kier alpha value is -2.68. The number of phenols is 2. The second kappa shape index (κ2) is 5.99. The summed E-state index contributed by atoms with van der Waals surface area (Å²) in [5.41, 5.74) is -1.92.